The first kappa shape index (κ1) is 32.0. The summed E-state index contributed by atoms with van der Waals surface area (Å²) in [5.74, 6) is -2.82. The van der Waals surface area contributed by atoms with Gasteiger partial charge in [-0.1, -0.05) is 51.3 Å². The number of carboxylic acids is 3. The van der Waals surface area contributed by atoms with Crippen molar-refractivity contribution in [2.75, 3.05) is 6.61 Å². The zero-order valence-corrected chi connectivity index (χ0v) is 18.8. The molecule has 2 aromatic carbocycles. The van der Waals surface area contributed by atoms with Gasteiger partial charge in [-0.25, -0.2) is 14.4 Å². The van der Waals surface area contributed by atoms with E-state index in [-0.39, 0.29) is 16.9 Å². The van der Waals surface area contributed by atoms with Crippen LogP contribution in [0.4, 0.5) is 0 Å². The Morgan fingerprint density at radius 1 is 0.794 bits per heavy atom. The number of hydrogen-bond acceptors (Lipinski definition) is 7. The standard InChI is InChI=1S/C15H16O2.C3H6O4.2C3H4O2/c1-15(2,11-3-7-13(16)8-4-11)12-5-9-14(17)10-6-12;4-1-2(5)3(6)7;2*1-2-3(4)5/h3-10,16-17H,1-2H3;2,4-5H,1H2,(H,6,7);2*2H,1H2,(H,4,5). The van der Waals surface area contributed by atoms with Crippen LogP contribution in [0.15, 0.2) is 73.8 Å². The molecule has 0 spiro atoms. The fraction of sp³-hybridized carbons (Fsp3) is 0.208. The number of aliphatic hydroxyl groups excluding tert-OH is 2. The maximum absolute atomic E-state index is 9.52. The van der Waals surface area contributed by atoms with Crippen molar-refractivity contribution in [1.29, 1.82) is 0 Å². The number of phenolic OH excluding ortho intramolecular Hbond substituents is 2. The van der Waals surface area contributed by atoms with Crippen LogP contribution in [0.5, 0.6) is 11.5 Å². The molecule has 34 heavy (non-hydrogen) atoms. The summed E-state index contributed by atoms with van der Waals surface area (Å²) < 4.78 is 0. The van der Waals surface area contributed by atoms with Crippen molar-refractivity contribution in [1.82, 2.24) is 0 Å². The lowest BCUT2D eigenvalue weighted by atomic mass is 9.78. The highest BCUT2D eigenvalue weighted by atomic mass is 16.4. The first-order valence-electron chi connectivity index (χ1n) is 9.54. The zero-order valence-electron chi connectivity index (χ0n) is 18.8. The molecule has 0 heterocycles. The molecule has 0 aliphatic heterocycles. The number of benzene rings is 2. The number of phenols is 2. The van der Waals surface area contributed by atoms with E-state index in [1.54, 1.807) is 24.3 Å². The van der Waals surface area contributed by atoms with Crippen LogP contribution in [0.1, 0.15) is 25.0 Å². The van der Waals surface area contributed by atoms with Crippen molar-refractivity contribution >= 4 is 17.9 Å². The van der Waals surface area contributed by atoms with Crippen molar-refractivity contribution in [2.24, 2.45) is 0 Å². The Bertz CT molecular complexity index is 850. The number of hydrogen-bond donors (Lipinski definition) is 7. The summed E-state index contributed by atoms with van der Waals surface area (Å²) >= 11 is 0. The van der Waals surface area contributed by atoms with Gasteiger partial charge in [-0.2, -0.15) is 0 Å². The second kappa shape index (κ2) is 16.5. The average molecular weight is 478 g/mol. The number of aliphatic carboxylic acids is 3. The van der Waals surface area contributed by atoms with E-state index in [4.69, 9.17) is 25.5 Å². The van der Waals surface area contributed by atoms with Crippen molar-refractivity contribution in [3.63, 3.8) is 0 Å². The summed E-state index contributed by atoms with van der Waals surface area (Å²) in [5, 5.41) is 57.5. The first-order valence-corrected chi connectivity index (χ1v) is 9.54. The smallest absolute Gasteiger partial charge is 0.334 e. The van der Waals surface area contributed by atoms with E-state index in [0.29, 0.717) is 0 Å². The second-order valence-electron chi connectivity index (χ2n) is 6.84. The molecule has 10 heteroatoms. The Hall–Kier alpha value is -4.15. The van der Waals surface area contributed by atoms with Crippen molar-refractivity contribution < 1.29 is 50.1 Å². The summed E-state index contributed by atoms with van der Waals surface area (Å²) in [6, 6.07) is 14.4. The summed E-state index contributed by atoms with van der Waals surface area (Å²) in [7, 11) is 0. The maximum Gasteiger partial charge on any atom is 0.334 e. The van der Waals surface area contributed by atoms with Gasteiger partial charge in [0.05, 0.1) is 6.61 Å². The monoisotopic (exact) mass is 478 g/mol. The third-order valence-corrected chi connectivity index (χ3v) is 3.99. The second-order valence-corrected chi connectivity index (χ2v) is 6.84. The van der Waals surface area contributed by atoms with Gasteiger partial charge in [0.25, 0.3) is 0 Å². The Labute approximate surface area is 197 Å². The molecule has 0 radical (unpaired) electrons. The van der Waals surface area contributed by atoms with E-state index in [1.165, 1.54) is 0 Å². The van der Waals surface area contributed by atoms with Crippen LogP contribution >= 0.6 is 0 Å². The molecule has 0 aliphatic rings. The van der Waals surface area contributed by atoms with Crippen LogP contribution in [0.25, 0.3) is 0 Å². The maximum atomic E-state index is 9.52. The molecule has 2 rings (SSSR count). The van der Waals surface area contributed by atoms with Gasteiger partial charge in [0, 0.05) is 17.6 Å². The number of rotatable bonds is 6. The molecule has 0 aromatic heterocycles. The van der Waals surface area contributed by atoms with E-state index in [9.17, 15) is 24.6 Å². The molecule has 0 fully saturated rings. The van der Waals surface area contributed by atoms with Crippen molar-refractivity contribution in [3.05, 3.63) is 85.0 Å². The van der Waals surface area contributed by atoms with Gasteiger partial charge in [-0.15, -0.1) is 0 Å². The average Bonchev–Trinajstić information content (AvgIpc) is 2.80. The highest BCUT2D eigenvalue weighted by Crippen LogP contribution is 2.32. The van der Waals surface area contributed by atoms with E-state index in [2.05, 4.69) is 27.0 Å². The van der Waals surface area contributed by atoms with Gasteiger partial charge in [0.2, 0.25) is 0 Å². The van der Waals surface area contributed by atoms with E-state index >= 15 is 0 Å². The molecule has 0 saturated carbocycles. The normalized spacial score (nSPS) is 10.4. The molecule has 1 atom stereocenters. The number of aliphatic hydroxyl groups is 2. The number of carbonyl (C=O) groups is 3. The third kappa shape index (κ3) is 14.0. The van der Waals surface area contributed by atoms with Crippen LogP contribution in [0, 0.1) is 0 Å². The molecule has 0 amide bonds. The summed E-state index contributed by atoms with van der Waals surface area (Å²) in [4.78, 5) is 28.0. The Morgan fingerprint density at radius 3 is 1.21 bits per heavy atom. The summed E-state index contributed by atoms with van der Waals surface area (Å²) in [6.45, 7) is 9.43. The van der Waals surface area contributed by atoms with Crippen molar-refractivity contribution in [2.45, 2.75) is 25.4 Å². The van der Waals surface area contributed by atoms with Crippen LogP contribution in [-0.4, -0.2) is 66.4 Å². The Kier molecular flexibility index (Phi) is 15.5. The molecule has 2 aromatic rings. The first-order chi connectivity index (χ1) is 15.7. The lowest BCUT2D eigenvalue weighted by molar-refractivity contribution is -0.148. The molecule has 7 N–H and O–H groups in total. The number of carboxylic acid groups (broad SMARTS) is 3. The molecule has 0 aliphatic carbocycles. The van der Waals surface area contributed by atoms with E-state index in [0.717, 1.165) is 23.3 Å². The molecule has 0 saturated heterocycles. The minimum Gasteiger partial charge on any atom is -0.508 e. The molecule has 1 unspecified atom stereocenters. The minimum atomic E-state index is -1.63. The Morgan fingerprint density at radius 2 is 1.06 bits per heavy atom. The molecular formula is C24H30O10. The van der Waals surface area contributed by atoms with Gasteiger partial charge in [0.15, 0.2) is 6.10 Å². The highest BCUT2D eigenvalue weighted by Gasteiger charge is 2.22. The van der Waals surface area contributed by atoms with Gasteiger partial charge in [-0.3, -0.25) is 0 Å². The fourth-order valence-corrected chi connectivity index (χ4v) is 2.00. The lowest BCUT2D eigenvalue weighted by Gasteiger charge is -2.26. The molecule has 10 nitrogen and oxygen atoms in total. The molecule has 186 valence electrons. The minimum absolute atomic E-state index is 0.151. The molecular weight excluding hydrogens is 448 g/mol. The Balaban J connectivity index is 0. The zero-order chi connectivity index (χ0) is 26.9. The van der Waals surface area contributed by atoms with Crippen LogP contribution < -0.4 is 0 Å². The van der Waals surface area contributed by atoms with Gasteiger partial charge in [0.1, 0.15) is 11.5 Å². The predicted octanol–water partition coefficient (Wildman–Crippen LogP) is 2.36. The fourth-order valence-electron chi connectivity index (χ4n) is 2.00. The third-order valence-electron chi connectivity index (χ3n) is 3.99. The van der Waals surface area contributed by atoms with Crippen LogP contribution in [0.3, 0.4) is 0 Å². The van der Waals surface area contributed by atoms with Crippen LogP contribution in [-0.2, 0) is 19.8 Å². The largest absolute Gasteiger partial charge is 0.508 e. The van der Waals surface area contributed by atoms with Crippen LogP contribution in [0.2, 0.25) is 0 Å². The van der Waals surface area contributed by atoms with E-state index < -0.39 is 30.6 Å². The SMILES string of the molecule is C=CC(=O)O.C=CC(=O)O.CC(C)(c1ccc(O)cc1)c1ccc(O)cc1.O=C(O)C(O)CO. The van der Waals surface area contributed by atoms with Gasteiger partial charge in [-0.05, 0) is 35.4 Å². The predicted molar refractivity (Wildman–Crippen MR) is 125 cm³/mol. The van der Waals surface area contributed by atoms with E-state index in [1.807, 2.05) is 24.3 Å². The highest BCUT2D eigenvalue weighted by molar-refractivity contribution is 5.79. The summed E-state index contributed by atoms with van der Waals surface area (Å²) in [5.41, 5.74) is 2.10. The summed E-state index contributed by atoms with van der Waals surface area (Å²) in [6.07, 6.45) is 0.0417. The van der Waals surface area contributed by atoms with Crippen molar-refractivity contribution in [3.8, 4) is 11.5 Å². The van der Waals surface area contributed by atoms with Gasteiger partial charge >= 0.3 is 17.9 Å². The lowest BCUT2D eigenvalue weighted by Crippen LogP contribution is -2.22. The quantitative estimate of drug-likeness (QED) is 0.303. The molecule has 0 bridgehead atoms. The van der Waals surface area contributed by atoms with Gasteiger partial charge < -0.3 is 35.7 Å². The topological polar surface area (TPSA) is 193 Å². The number of aromatic hydroxyl groups is 2.